The van der Waals surface area contributed by atoms with Gasteiger partial charge >= 0.3 is 0 Å². The first kappa shape index (κ1) is 14.2. The Bertz CT molecular complexity index is 461. The van der Waals surface area contributed by atoms with E-state index in [1.165, 1.54) is 12.1 Å². The summed E-state index contributed by atoms with van der Waals surface area (Å²) in [5.41, 5.74) is 6.09. The minimum absolute atomic E-state index is 0.296. The van der Waals surface area contributed by atoms with Crippen LogP contribution in [-0.2, 0) is 11.3 Å². The van der Waals surface area contributed by atoms with Gasteiger partial charge in [0.15, 0.2) is 0 Å². The molecule has 1 saturated heterocycles. The van der Waals surface area contributed by atoms with Gasteiger partial charge in [0.1, 0.15) is 5.82 Å². The van der Waals surface area contributed by atoms with Crippen LogP contribution in [0.4, 0.5) is 4.39 Å². The third kappa shape index (κ3) is 4.16. The van der Waals surface area contributed by atoms with Crippen molar-refractivity contribution in [2.75, 3.05) is 32.7 Å². The Morgan fingerprint density at radius 2 is 1.89 bits per heavy atom. The molecule has 0 atom stereocenters. The van der Waals surface area contributed by atoms with Gasteiger partial charge < -0.3 is 5.73 Å². The fourth-order valence-electron chi connectivity index (χ4n) is 2.22. The highest BCUT2D eigenvalue weighted by molar-refractivity contribution is 6.31. The number of rotatable bonds is 4. The average molecular weight is 286 g/mol. The Hall–Kier alpha value is -1.17. The predicted octanol–water partition coefficient (Wildman–Crippen LogP) is 1.08. The zero-order chi connectivity index (χ0) is 13.8. The van der Waals surface area contributed by atoms with E-state index in [9.17, 15) is 9.18 Å². The highest BCUT2D eigenvalue weighted by Gasteiger charge is 2.18. The van der Waals surface area contributed by atoms with Crippen LogP contribution in [0.25, 0.3) is 0 Å². The van der Waals surface area contributed by atoms with Gasteiger partial charge in [0.05, 0.1) is 6.54 Å². The number of piperazine rings is 1. The van der Waals surface area contributed by atoms with Crippen molar-refractivity contribution in [3.05, 3.63) is 34.6 Å². The van der Waals surface area contributed by atoms with E-state index in [1.54, 1.807) is 6.07 Å². The summed E-state index contributed by atoms with van der Waals surface area (Å²) in [5, 5.41) is 0.458. The lowest BCUT2D eigenvalue weighted by Gasteiger charge is -2.34. The molecule has 0 saturated carbocycles. The summed E-state index contributed by atoms with van der Waals surface area (Å²) in [4.78, 5) is 15.1. The summed E-state index contributed by atoms with van der Waals surface area (Å²) in [7, 11) is 0. The topological polar surface area (TPSA) is 49.6 Å². The maximum absolute atomic E-state index is 13.0. The van der Waals surface area contributed by atoms with Crippen molar-refractivity contribution in [3.63, 3.8) is 0 Å². The van der Waals surface area contributed by atoms with E-state index in [4.69, 9.17) is 17.3 Å². The highest BCUT2D eigenvalue weighted by atomic mass is 35.5. The van der Waals surface area contributed by atoms with Crippen LogP contribution >= 0.6 is 11.6 Å². The van der Waals surface area contributed by atoms with Gasteiger partial charge in [-0.1, -0.05) is 17.7 Å². The summed E-state index contributed by atoms with van der Waals surface area (Å²) in [5.74, 6) is -0.616. The van der Waals surface area contributed by atoms with E-state index >= 15 is 0 Å². The molecule has 1 aromatic carbocycles. The molecule has 19 heavy (non-hydrogen) atoms. The van der Waals surface area contributed by atoms with E-state index in [0.717, 1.165) is 31.7 Å². The van der Waals surface area contributed by atoms with Gasteiger partial charge in [-0.25, -0.2) is 4.39 Å². The predicted molar refractivity (Wildman–Crippen MR) is 72.3 cm³/mol. The molecule has 4 nitrogen and oxygen atoms in total. The number of carbonyl (C=O) groups excluding carboxylic acids is 1. The van der Waals surface area contributed by atoms with Crippen LogP contribution in [0.5, 0.6) is 0 Å². The molecule has 1 aliphatic rings. The molecular formula is C13H17ClFN3O. The first-order valence-corrected chi connectivity index (χ1v) is 6.59. The lowest BCUT2D eigenvalue weighted by molar-refractivity contribution is -0.119. The van der Waals surface area contributed by atoms with Crippen molar-refractivity contribution in [3.8, 4) is 0 Å². The molecule has 1 aliphatic heterocycles. The molecule has 0 bridgehead atoms. The second kappa shape index (κ2) is 6.32. The van der Waals surface area contributed by atoms with Crippen LogP contribution < -0.4 is 5.73 Å². The number of nitrogens with zero attached hydrogens (tertiary/aromatic N) is 2. The zero-order valence-electron chi connectivity index (χ0n) is 10.6. The van der Waals surface area contributed by atoms with Crippen LogP contribution in [0.15, 0.2) is 18.2 Å². The van der Waals surface area contributed by atoms with E-state index < -0.39 is 0 Å². The van der Waals surface area contributed by atoms with Gasteiger partial charge in [0, 0.05) is 37.7 Å². The van der Waals surface area contributed by atoms with Crippen molar-refractivity contribution < 1.29 is 9.18 Å². The van der Waals surface area contributed by atoms with E-state index in [2.05, 4.69) is 4.90 Å². The summed E-state index contributed by atoms with van der Waals surface area (Å²) in [6.45, 7) is 4.32. The van der Waals surface area contributed by atoms with Crippen LogP contribution in [0.3, 0.4) is 0 Å². The fraction of sp³-hybridized carbons (Fsp3) is 0.462. The monoisotopic (exact) mass is 285 g/mol. The summed E-state index contributed by atoms with van der Waals surface area (Å²) in [6.07, 6.45) is 0. The number of hydrogen-bond donors (Lipinski definition) is 1. The molecule has 0 aromatic heterocycles. The van der Waals surface area contributed by atoms with Gasteiger partial charge in [-0.15, -0.1) is 0 Å². The van der Waals surface area contributed by atoms with Crippen LogP contribution in [0, 0.1) is 5.82 Å². The first-order valence-electron chi connectivity index (χ1n) is 6.21. The molecular weight excluding hydrogens is 269 g/mol. The third-order valence-corrected chi connectivity index (χ3v) is 3.61. The Balaban J connectivity index is 1.87. The Labute approximate surface area is 116 Å². The normalized spacial score (nSPS) is 17.6. The van der Waals surface area contributed by atoms with Crippen molar-refractivity contribution >= 4 is 17.5 Å². The second-order valence-electron chi connectivity index (χ2n) is 4.75. The SMILES string of the molecule is NC(=O)CN1CCN(Cc2ccc(F)cc2Cl)CC1. The molecule has 104 valence electrons. The largest absolute Gasteiger partial charge is 0.369 e. The molecule has 0 radical (unpaired) electrons. The van der Waals surface area contributed by atoms with Gasteiger partial charge in [0.2, 0.25) is 5.91 Å². The van der Waals surface area contributed by atoms with Crippen LogP contribution in [-0.4, -0.2) is 48.4 Å². The average Bonchev–Trinajstić information content (AvgIpc) is 2.34. The summed E-state index contributed by atoms with van der Waals surface area (Å²) >= 11 is 6.01. The van der Waals surface area contributed by atoms with Gasteiger partial charge in [-0.05, 0) is 17.7 Å². The fourth-order valence-corrected chi connectivity index (χ4v) is 2.44. The number of nitrogens with two attached hydrogens (primary N) is 1. The lowest BCUT2D eigenvalue weighted by Crippen LogP contribution is -2.48. The highest BCUT2D eigenvalue weighted by Crippen LogP contribution is 2.19. The van der Waals surface area contributed by atoms with Gasteiger partial charge in [0.25, 0.3) is 0 Å². The standard InChI is InChI=1S/C13H17ClFN3O/c14-12-7-11(15)2-1-10(12)8-17-3-5-18(6-4-17)9-13(16)19/h1-2,7H,3-6,8-9H2,(H2,16,19). The minimum Gasteiger partial charge on any atom is -0.369 e. The minimum atomic E-state index is -0.319. The third-order valence-electron chi connectivity index (χ3n) is 3.25. The Morgan fingerprint density at radius 3 is 2.47 bits per heavy atom. The van der Waals surface area contributed by atoms with E-state index in [0.29, 0.717) is 18.1 Å². The maximum Gasteiger partial charge on any atom is 0.231 e. The molecule has 1 amide bonds. The second-order valence-corrected chi connectivity index (χ2v) is 5.16. The maximum atomic E-state index is 13.0. The number of carbonyl (C=O) groups is 1. The smallest absolute Gasteiger partial charge is 0.231 e. The number of hydrogen-bond acceptors (Lipinski definition) is 3. The van der Waals surface area contributed by atoms with Crippen molar-refractivity contribution in [1.29, 1.82) is 0 Å². The molecule has 2 N–H and O–H groups in total. The van der Waals surface area contributed by atoms with Crippen molar-refractivity contribution in [1.82, 2.24) is 9.80 Å². The molecule has 0 unspecified atom stereocenters. The first-order chi connectivity index (χ1) is 9.04. The molecule has 6 heteroatoms. The van der Waals surface area contributed by atoms with E-state index in [-0.39, 0.29) is 11.7 Å². The van der Waals surface area contributed by atoms with Crippen molar-refractivity contribution in [2.45, 2.75) is 6.54 Å². The van der Waals surface area contributed by atoms with Gasteiger partial charge in [-0.3, -0.25) is 14.6 Å². The number of benzene rings is 1. The number of halogens is 2. The molecule has 1 fully saturated rings. The zero-order valence-corrected chi connectivity index (χ0v) is 11.4. The Morgan fingerprint density at radius 1 is 1.26 bits per heavy atom. The lowest BCUT2D eigenvalue weighted by atomic mass is 10.2. The molecule has 0 aliphatic carbocycles. The van der Waals surface area contributed by atoms with Crippen LogP contribution in [0.1, 0.15) is 5.56 Å². The number of amides is 1. The van der Waals surface area contributed by atoms with Crippen LogP contribution in [0.2, 0.25) is 5.02 Å². The molecule has 1 heterocycles. The molecule has 0 spiro atoms. The summed E-state index contributed by atoms with van der Waals surface area (Å²) < 4.78 is 13.0. The van der Waals surface area contributed by atoms with E-state index in [1.807, 2.05) is 4.90 Å². The molecule has 2 rings (SSSR count). The number of primary amides is 1. The quantitative estimate of drug-likeness (QED) is 0.901. The van der Waals surface area contributed by atoms with Crippen molar-refractivity contribution in [2.24, 2.45) is 5.73 Å². The Kier molecular flexibility index (Phi) is 4.74. The summed E-state index contributed by atoms with van der Waals surface area (Å²) in [6, 6.07) is 4.47. The molecule has 1 aromatic rings. The van der Waals surface area contributed by atoms with Gasteiger partial charge in [-0.2, -0.15) is 0 Å².